The zero-order chi connectivity index (χ0) is 11.5. The lowest BCUT2D eigenvalue weighted by atomic mass is 10.3. The SMILES string of the molecule is CNC(=S)Nc1cccc(S(=O)(=O)O)c1. The van der Waals surface area contributed by atoms with Crippen LogP contribution in [0.3, 0.4) is 0 Å². The fourth-order valence-corrected chi connectivity index (χ4v) is 1.57. The lowest BCUT2D eigenvalue weighted by molar-refractivity contribution is 0.483. The Bertz CT molecular complexity index is 471. The van der Waals surface area contributed by atoms with E-state index in [0.29, 0.717) is 10.8 Å². The molecule has 5 nitrogen and oxygen atoms in total. The van der Waals surface area contributed by atoms with Crippen LogP contribution in [0.1, 0.15) is 0 Å². The van der Waals surface area contributed by atoms with Crippen molar-refractivity contribution in [2.75, 3.05) is 12.4 Å². The Balaban J connectivity index is 2.99. The molecule has 15 heavy (non-hydrogen) atoms. The number of anilines is 1. The summed E-state index contributed by atoms with van der Waals surface area (Å²) in [6.07, 6.45) is 0. The van der Waals surface area contributed by atoms with Gasteiger partial charge in [-0.05, 0) is 30.4 Å². The van der Waals surface area contributed by atoms with Gasteiger partial charge in [0.2, 0.25) is 0 Å². The van der Waals surface area contributed by atoms with Crippen molar-refractivity contribution in [2.45, 2.75) is 4.90 Å². The summed E-state index contributed by atoms with van der Waals surface area (Å²) in [5, 5.41) is 5.79. The molecule has 0 atom stereocenters. The molecular weight excluding hydrogens is 236 g/mol. The van der Waals surface area contributed by atoms with Crippen LogP contribution in [0.4, 0.5) is 5.69 Å². The first-order valence-corrected chi connectivity index (χ1v) is 5.84. The Morgan fingerprint density at radius 2 is 2.13 bits per heavy atom. The van der Waals surface area contributed by atoms with Crippen LogP contribution in [0.2, 0.25) is 0 Å². The first-order valence-electron chi connectivity index (χ1n) is 4.00. The Morgan fingerprint density at radius 3 is 2.67 bits per heavy atom. The second-order valence-corrected chi connectivity index (χ2v) is 4.54. The molecule has 0 spiro atoms. The lowest BCUT2D eigenvalue weighted by Gasteiger charge is -2.07. The average molecular weight is 246 g/mol. The smallest absolute Gasteiger partial charge is 0.294 e. The van der Waals surface area contributed by atoms with Crippen LogP contribution in [0.5, 0.6) is 0 Å². The molecule has 0 unspecified atom stereocenters. The van der Waals surface area contributed by atoms with Gasteiger partial charge in [-0.25, -0.2) is 0 Å². The van der Waals surface area contributed by atoms with Gasteiger partial charge in [-0.1, -0.05) is 6.07 Å². The Kier molecular flexibility index (Phi) is 3.61. The lowest BCUT2D eigenvalue weighted by Crippen LogP contribution is -2.24. The van der Waals surface area contributed by atoms with Gasteiger partial charge >= 0.3 is 0 Å². The molecule has 0 saturated heterocycles. The summed E-state index contributed by atoms with van der Waals surface area (Å²) in [4.78, 5) is -0.175. The Hall–Kier alpha value is -1.18. The summed E-state index contributed by atoms with van der Waals surface area (Å²) in [7, 11) is -2.53. The first kappa shape index (κ1) is 11.9. The van der Waals surface area contributed by atoms with E-state index in [1.807, 2.05) is 0 Å². The predicted molar refractivity (Wildman–Crippen MR) is 61.5 cm³/mol. The van der Waals surface area contributed by atoms with E-state index in [1.54, 1.807) is 13.1 Å². The molecule has 0 saturated carbocycles. The molecule has 0 aromatic heterocycles. The van der Waals surface area contributed by atoms with E-state index in [1.165, 1.54) is 18.2 Å². The zero-order valence-corrected chi connectivity index (χ0v) is 9.52. The molecule has 0 amide bonds. The molecule has 1 rings (SSSR count). The number of rotatable bonds is 2. The summed E-state index contributed by atoms with van der Waals surface area (Å²) < 4.78 is 30.4. The molecule has 82 valence electrons. The molecule has 1 aromatic rings. The Labute approximate surface area is 93.2 Å². The predicted octanol–water partition coefficient (Wildman–Crippen LogP) is 0.849. The molecule has 0 aliphatic rings. The second-order valence-electron chi connectivity index (χ2n) is 2.71. The van der Waals surface area contributed by atoms with E-state index < -0.39 is 10.1 Å². The van der Waals surface area contributed by atoms with Crippen LogP contribution >= 0.6 is 12.2 Å². The minimum absolute atomic E-state index is 0.175. The van der Waals surface area contributed by atoms with Crippen LogP contribution < -0.4 is 10.6 Å². The van der Waals surface area contributed by atoms with E-state index in [4.69, 9.17) is 16.8 Å². The molecule has 0 fully saturated rings. The molecule has 0 aliphatic heterocycles. The van der Waals surface area contributed by atoms with Crippen molar-refractivity contribution in [3.8, 4) is 0 Å². The minimum atomic E-state index is -4.17. The van der Waals surface area contributed by atoms with Gasteiger partial charge in [0.05, 0.1) is 4.90 Å². The fourth-order valence-electron chi connectivity index (χ4n) is 0.928. The van der Waals surface area contributed by atoms with Crippen molar-refractivity contribution in [1.82, 2.24) is 5.32 Å². The third-order valence-corrected chi connectivity index (χ3v) is 2.77. The average Bonchev–Trinajstić information content (AvgIpc) is 2.17. The van der Waals surface area contributed by atoms with Crippen LogP contribution in [-0.2, 0) is 10.1 Å². The van der Waals surface area contributed by atoms with Crippen molar-refractivity contribution in [2.24, 2.45) is 0 Å². The maximum absolute atomic E-state index is 10.8. The summed E-state index contributed by atoms with van der Waals surface area (Å²) in [6, 6.07) is 5.73. The first-order chi connectivity index (χ1) is 6.93. The third kappa shape index (κ3) is 3.46. The van der Waals surface area contributed by atoms with E-state index in [2.05, 4.69) is 10.6 Å². The summed E-state index contributed by atoms with van der Waals surface area (Å²) in [5.41, 5.74) is 0.490. The molecule has 0 radical (unpaired) electrons. The molecule has 7 heteroatoms. The van der Waals surface area contributed by atoms with E-state index >= 15 is 0 Å². The van der Waals surface area contributed by atoms with Gasteiger partial charge in [0, 0.05) is 12.7 Å². The van der Waals surface area contributed by atoms with Crippen molar-refractivity contribution in [3.63, 3.8) is 0 Å². The number of hydrogen-bond acceptors (Lipinski definition) is 3. The minimum Gasteiger partial charge on any atom is -0.366 e. The highest BCUT2D eigenvalue weighted by atomic mass is 32.2. The van der Waals surface area contributed by atoms with Crippen molar-refractivity contribution < 1.29 is 13.0 Å². The second kappa shape index (κ2) is 4.56. The molecule has 1 aromatic carbocycles. The normalized spacial score (nSPS) is 10.8. The topological polar surface area (TPSA) is 78.4 Å². The van der Waals surface area contributed by atoms with E-state index in [0.717, 1.165) is 0 Å². The van der Waals surface area contributed by atoms with Gasteiger partial charge < -0.3 is 10.6 Å². The van der Waals surface area contributed by atoms with E-state index in [-0.39, 0.29) is 4.90 Å². The zero-order valence-electron chi connectivity index (χ0n) is 7.89. The molecule has 0 aliphatic carbocycles. The summed E-state index contributed by atoms with van der Waals surface area (Å²) in [5.74, 6) is 0. The summed E-state index contributed by atoms with van der Waals surface area (Å²) in [6.45, 7) is 0. The Morgan fingerprint density at radius 1 is 1.47 bits per heavy atom. The number of hydrogen-bond donors (Lipinski definition) is 3. The highest BCUT2D eigenvalue weighted by molar-refractivity contribution is 7.85. The third-order valence-electron chi connectivity index (χ3n) is 1.62. The maximum atomic E-state index is 10.8. The maximum Gasteiger partial charge on any atom is 0.294 e. The largest absolute Gasteiger partial charge is 0.366 e. The van der Waals surface area contributed by atoms with Crippen LogP contribution in [-0.4, -0.2) is 25.1 Å². The number of thiocarbonyl (C=S) groups is 1. The van der Waals surface area contributed by atoms with Crippen LogP contribution in [0.25, 0.3) is 0 Å². The molecule has 0 bridgehead atoms. The van der Waals surface area contributed by atoms with Gasteiger partial charge in [0.1, 0.15) is 0 Å². The van der Waals surface area contributed by atoms with Gasteiger partial charge in [-0.3, -0.25) is 4.55 Å². The van der Waals surface area contributed by atoms with Crippen molar-refractivity contribution in [1.29, 1.82) is 0 Å². The van der Waals surface area contributed by atoms with Crippen molar-refractivity contribution in [3.05, 3.63) is 24.3 Å². The van der Waals surface area contributed by atoms with Gasteiger partial charge in [0.25, 0.3) is 10.1 Å². The number of nitrogens with one attached hydrogen (secondary N) is 2. The van der Waals surface area contributed by atoms with Crippen molar-refractivity contribution >= 4 is 33.1 Å². The molecule has 3 N–H and O–H groups in total. The molecule has 0 heterocycles. The highest BCUT2D eigenvalue weighted by Gasteiger charge is 2.09. The van der Waals surface area contributed by atoms with Crippen LogP contribution in [0, 0.1) is 0 Å². The van der Waals surface area contributed by atoms with Gasteiger partial charge in [-0.2, -0.15) is 8.42 Å². The van der Waals surface area contributed by atoms with Gasteiger partial charge in [-0.15, -0.1) is 0 Å². The fraction of sp³-hybridized carbons (Fsp3) is 0.125. The summed E-state index contributed by atoms with van der Waals surface area (Å²) >= 11 is 4.84. The van der Waals surface area contributed by atoms with E-state index in [9.17, 15) is 8.42 Å². The monoisotopic (exact) mass is 246 g/mol. The molecular formula is C8H10N2O3S2. The standard InChI is InChI=1S/C8H10N2O3S2/c1-9-8(14)10-6-3-2-4-7(5-6)15(11,12)13/h2-5H,1H3,(H2,9,10,14)(H,11,12,13). The number of benzene rings is 1. The quantitative estimate of drug-likeness (QED) is 0.530. The highest BCUT2D eigenvalue weighted by Crippen LogP contribution is 2.14. The van der Waals surface area contributed by atoms with Crippen LogP contribution in [0.15, 0.2) is 29.2 Å². The van der Waals surface area contributed by atoms with Gasteiger partial charge in [0.15, 0.2) is 5.11 Å².